The summed E-state index contributed by atoms with van der Waals surface area (Å²) in [5, 5.41) is 11.4. The van der Waals surface area contributed by atoms with Crippen molar-refractivity contribution in [2.24, 2.45) is 0 Å². The Morgan fingerprint density at radius 1 is 1.53 bits per heavy atom. The minimum atomic E-state index is -0.847. The molecular formula is C13H20N2O4. The molecule has 0 aliphatic heterocycles. The topological polar surface area (TPSA) is 82.8 Å². The van der Waals surface area contributed by atoms with Crippen molar-refractivity contribution in [2.45, 2.75) is 32.2 Å². The lowest BCUT2D eigenvalue weighted by Crippen LogP contribution is -2.43. The van der Waals surface area contributed by atoms with Crippen LogP contribution in [0.5, 0.6) is 0 Å². The number of nitrogens with zero attached hydrogens (tertiary/aromatic N) is 1. The molecule has 6 nitrogen and oxygen atoms in total. The maximum absolute atomic E-state index is 11.8. The maximum atomic E-state index is 11.8. The third kappa shape index (κ3) is 5.94. The zero-order chi connectivity index (χ0) is 14.3. The standard InChI is InChI=1S/C13H20N2O4/c1-10(9-11-5-4-8-19-11)14-13(18)15(2)7-3-6-12(16)17/h4-5,8,10H,3,6-7,9H2,1-2H3,(H,14,18)(H,16,17). The fraction of sp³-hybridized carbons (Fsp3) is 0.538. The number of carbonyl (C=O) groups excluding carboxylic acids is 1. The quantitative estimate of drug-likeness (QED) is 0.788. The Morgan fingerprint density at radius 2 is 2.26 bits per heavy atom. The number of hydrogen-bond acceptors (Lipinski definition) is 3. The van der Waals surface area contributed by atoms with Crippen molar-refractivity contribution in [2.75, 3.05) is 13.6 Å². The van der Waals surface area contributed by atoms with Gasteiger partial charge < -0.3 is 19.7 Å². The molecule has 0 fully saturated rings. The summed E-state index contributed by atoms with van der Waals surface area (Å²) in [7, 11) is 1.65. The molecule has 0 spiro atoms. The largest absolute Gasteiger partial charge is 0.481 e. The Bertz CT molecular complexity index is 403. The van der Waals surface area contributed by atoms with Gasteiger partial charge in [-0.05, 0) is 25.5 Å². The lowest BCUT2D eigenvalue weighted by atomic mass is 10.2. The van der Waals surface area contributed by atoms with Gasteiger partial charge in [0.25, 0.3) is 0 Å². The summed E-state index contributed by atoms with van der Waals surface area (Å²) < 4.78 is 5.21. The summed E-state index contributed by atoms with van der Waals surface area (Å²) in [6.45, 7) is 2.32. The summed E-state index contributed by atoms with van der Waals surface area (Å²) in [6.07, 6.45) is 2.75. The van der Waals surface area contributed by atoms with E-state index in [4.69, 9.17) is 9.52 Å². The van der Waals surface area contributed by atoms with E-state index < -0.39 is 5.97 Å². The molecule has 0 saturated heterocycles. The van der Waals surface area contributed by atoms with E-state index in [0.29, 0.717) is 19.4 Å². The molecule has 0 aliphatic rings. The predicted molar refractivity (Wildman–Crippen MR) is 69.9 cm³/mol. The first-order valence-corrected chi connectivity index (χ1v) is 6.25. The number of hydrogen-bond donors (Lipinski definition) is 2. The third-order valence-corrected chi connectivity index (χ3v) is 2.69. The van der Waals surface area contributed by atoms with Gasteiger partial charge in [0.1, 0.15) is 5.76 Å². The second kappa shape index (κ2) is 7.45. The van der Waals surface area contributed by atoms with Crippen molar-refractivity contribution in [1.82, 2.24) is 10.2 Å². The predicted octanol–water partition coefficient (Wildman–Crippen LogP) is 1.72. The fourth-order valence-electron chi connectivity index (χ4n) is 1.67. The highest BCUT2D eigenvalue weighted by atomic mass is 16.4. The van der Waals surface area contributed by atoms with Crippen LogP contribution < -0.4 is 5.32 Å². The van der Waals surface area contributed by atoms with E-state index in [1.807, 2.05) is 19.1 Å². The summed E-state index contributed by atoms with van der Waals surface area (Å²) in [6, 6.07) is 3.42. The molecule has 0 bridgehead atoms. The SMILES string of the molecule is CC(Cc1ccco1)NC(=O)N(C)CCCC(=O)O. The molecule has 1 aromatic heterocycles. The second-order valence-electron chi connectivity index (χ2n) is 4.55. The highest BCUT2D eigenvalue weighted by Crippen LogP contribution is 2.04. The molecule has 0 saturated carbocycles. The molecule has 0 aliphatic carbocycles. The van der Waals surface area contributed by atoms with Gasteiger partial charge in [-0.1, -0.05) is 0 Å². The summed E-state index contributed by atoms with van der Waals surface area (Å²) in [4.78, 5) is 23.7. The van der Waals surface area contributed by atoms with E-state index in [2.05, 4.69) is 5.32 Å². The average Bonchev–Trinajstić information content (AvgIpc) is 2.80. The molecule has 19 heavy (non-hydrogen) atoms. The van der Waals surface area contributed by atoms with Gasteiger partial charge in [-0.15, -0.1) is 0 Å². The molecule has 0 aromatic carbocycles. The maximum Gasteiger partial charge on any atom is 0.317 e. The van der Waals surface area contributed by atoms with Crippen LogP contribution in [0.1, 0.15) is 25.5 Å². The number of urea groups is 1. The molecule has 1 unspecified atom stereocenters. The van der Waals surface area contributed by atoms with Crippen molar-refractivity contribution in [3.8, 4) is 0 Å². The van der Waals surface area contributed by atoms with E-state index in [1.165, 1.54) is 4.90 Å². The van der Waals surface area contributed by atoms with E-state index in [-0.39, 0.29) is 18.5 Å². The minimum Gasteiger partial charge on any atom is -0.481 e. The summed E-state index contributed by atoms with van der Waals surface area (Å²) >= 11 is 0. The molecule has 1 heterocycles. The Balaban J connectivity index is 2.26. The molecule has 106 valence electrons. The number of carbonyl (C=O) groups is 2. The van der Waals surface area contributed by atoms with Crippen LogP contribution in [0.4, 0.5) is 4.79 Å². The lowest BCUT2D eigenvalue weighted by Gasteiger charge is -2.20. The Morgan fingerprint density at radius 3 is 2.84 bits per heavy atom. The molecule has 0 radical (unpaired) electrons. The molecular weight excluding hydrogens is 248 g/mol. The number of carboxylic acids is 1. The molecule has 1 rings (SSSR count). The first-order valence-electron chi connectivity index (χ1n) is 6.25. The summed E-state index contributed by atoms with van der Waals surface area (Å²) in [5.74, 6) is -0.0266. The molecule has 2 N–H and O–H groups in total. The van der Waals surface area contributed by atoms with E-state index >= 15 is 0 Å². The third-order valence-electron chi connectivity index (χ3n) is 2.69. The normalized spacial score (nSPS) is 11.9. The van der Waals surface area contributed by atoms with Crippen LogP contribution in [0.25, 0.3) is 0 Å². The number of rotatable bonds is 7. The number of carboxylic acid groups (broad SMARTS) is 1. The van der Waals surface area contributed by atoms with Gasteiger partial charge >= 0.3 is 12.0 Å². The van der Waals surface area contributed by atoms with Crippen LogP contribution in [0.3, 0.4) is 0 Å². The molecule has 6 heteroatoms. The van der Waals surface area contributed by atoms with Crippen LogP contribution in [0, 0.1) is 0 Å². The van der Waals surface area contributed by atoms with Gasteiger partial charge in [-0.2, -0.15) is 0 Å². The monoisotopic (exact) mass is 268 g/mol. The van der Waals surface area contributed by atoms with Crippen LogP contribution in [-0.2, 0) is 11.2 Å². The minimum absolute atomic E-state index is 0.0411. The van der Waals surface area contributed by atoms with Crippen LogP contribution in [-0.4, -0.2) is 41.6 Å². The zero-order valence-corrected chi connectivity index (χ0v) is 11.3. The van der Waals surface area contributed by atoms with Crippen molar-refractivity contribution in [3.05, 3.63) is 24.2 Å². The van der Waals surface area contributed by atoms with Gasteiger partial charge in [0.2, 0.25) is 0 Å². The number of aliphatic carboxylic acids is 1. The van der Waals surface area contributed by atoms with Crippen molar-refractivity contribution in [3.63, 3.8) is 0 Å². The lowest BCUT2D eigenvalue weighted by molar-refractivity contribution is -0.137. The van der Waals surface area contributed by atoms with Crippen molar-refractivity contribution < 1.29 is 19.1 Å². The Hall–Kier alpha value is -1.98. The van der Waals surface area contributed by atoms with E-state index in [0.717, 1.165) is 5.76 Å². The van der Waals surface area contributed by atoms with Gasteiger partial charge in [0, 0.05) is 32.5 Å². The fourth-order valence-corrected chi connectivity index (χ4v) is 1.67. The van der Waals surface area contributed by atoms with Crippen molar-refractivity contribution >= 4 is 12.0 Å². The van der Waals surface area contributed by atoms with Crippen LogP contribution in [0.15, 0.2) is 22.8 Å². The summed E-state index contributed by atoms with van der Waals surface area (Å²) in [5.41, 5.74) is 0. The van der Waals surface area contributed by atoms with Gasteiger partial charge in [-0.25, -0.2) is 4.79 Å². The van der Waals surface area contributed by atoms with E-state index in [1.54, 1.807) is 13.3 Å². The zero-order valence-electron chi connectivity index (χ0n) is 11.3. The number of nitrogens with one attached hydrogen (secondary N) is 1. The van der Waals surface area contributed by atoms with Crippen molar-refractivity contribution in [1.29, 1.82) is 0 Å². The first kappa shape index (κ1) is 15.1. The Kier molecular flexibility index (Phi) is 5.92. The average molecular weight is 268 g/mol. The van der Waals surface area contributed by atoms with Gasteiger partial charge in [-0.3, -0.25) is 4.79 Å². The molecule has 1 aromatic rings. The van der Waals surface area contributed by atoms with Gasteiger partial charge in [0.15, 0.2) is 0 Å². The first-order chi connectivity index (χ1) is 8.99. The number of amides is 2. The number of furan rings is 1. The Labute approximate surface area is 112 Å². The highest BCUT2D eigenvalue weighted by molar-refractivity contribution is 5.74. The second-order valence-corrected chi connectivity index (χ2v) is 4.55. The van der Waals surface area contributed by atoms with Gasteiger partial charge in [0.05, 0.1) is 6.26 Å². The van der Waals surface area contributed by atoms with Crippen LogP contribution in [0.2, 0.25) is 0 Å². The van der Waals surface area contributed by atoms with Crippen LogP contribution >= 0.6 is 0 Å². The smallest absolute Gasteiger partial charge is 0.317 e. The highest BCUT2D eigenvalue weighted by Gasteiger charge is 2.13. The molecule has 2 amide bonds. The molecule has 1 atom stereocenters. The van der Waals surface area contributed by atoms with E-state index in [9.17, 15) is 9.59 Å².